The number of furan rings is 1. The van der Waals surface area contributed by atoms with E-state index in [0.29, 0.717) is 17.9 Å². The van der Waals surface area contributed by atoms with E-state index >= 15 is 0 Å². The molecule has 0 aliphatic heterocycles. The van der Waals surface area contributed by atoms with Crippen molar-refractivity contribution in [2.45, 2.75) is 25.8 Å². The van der Waals surface area contributed by atoms with Crippen LogP contribution in [-0.2, 0) is 0 Å². The number of hydrogen-bond donors (Lipinski definition) is 1. The van der Waals surface area contributed by atoms with Gasteiger partial charge in [0.05, 0.1) is 6.61 Å². The number of carbonyl (C=O) groups excluding carboxylic acids is 1. The summed E-state index contributed by atoms with van der Waals surface area (Å²) >= 11 is 3.43. The normalized spacial score (nSPS) is 14.8. The summed E-state index contributed by atoms with van der Waals surface area (Å²) < 4.78 is 6.69. The van der Waals surface area contributed by atoms with E-state index in [9.17, 15) is 4.79 Å². The van der Waals surface area contributed by atoms with Gasteiger partial charge < -0.3 is 14.4 Å². The Kier molecular flexibility index (Phi) is 3.56. The van der Waals surface area contributed by atoms with Gasteiger partial charge in [-0.3, -0.25) is 4.79 Å². The smallest absolute Gasteiger partial charge is 0.290 e. The van der Waals surface area contributed by atoms with Crippen LogP contribution >= 0.6 is 15.9 Å². The maximum atomic E-state index is 12.6. The topological polar surface area (TPSA) is 53.7 Å². The van der Waals surface area contributed by atoms with Gasteiger partial charge in [0.2, 0.25) is 0 Å². The van der Waals surface area contributed by atoms with Crippen molar-refractivity contribution < 1.29 is 14.3 Å². The van der Waals surface area contributed by atoms with Crippen LogP contribution in [0.3, 0.4) is 0 Å². The zero-order valence-corrected chi connectivity index (χ0v) is 12.8. The molecule has 1 aromatic carbocycles. The second-order valence-corrected chi connectivity index (χ2v) is 6.07. The minimum absolute atomic E-state index is 0.0208. The molecule has 1 amide bonds. The molecule has 4 nitrogen and oxygen atoms in total. The Morgan fingerprint density at radius 1 is 1.50 bits per heavy atom. The fourth-order valence-corrected chi connectivity index (χ4v) is 2.83. The van der Waals surface area contributed by atoms with Crippen LogP contribution in [0.5, 0.6) is 0 Å². The number of fused-ring (bicyclic) bond motifs is 1. The third-order valence-corrected chi connectivity index (χ3v) is 4.18. The van der Waals surface area contributed by atoms with Crippen LogP contribution in [-0.4, -0.2) is 35.1 Å². The van der Waals surface area contributed by atoms with E-state index in [1.807, 2.05) is 25.1 Å². The Balaban J connectivity index is 2.00. The zero-order valence-electron chi connectivity index (χ0n) is 11.2. The van der Waals surface area contributed by atoms with Gasteiger partial charge in [-0.05, 0) is 38.0 Å². The van der Waals surface area contributed by atoms with Crippen LogP contribution in [0.2, 0.25) is 0 Å². The molecule has 0 atom stereocenters. The summed E-state index contributed by atoms with van der Waals surface area (Å²) in [4.78, 5) is 14.3. The first kappa shape index (κ1) is 13.6. The Hall–Kier alpha value is -1.33. The molecule has 1 aliphatic carbocycles. The van der Waals surface area contributed by atoms with Gasteiger partial charge in [-0.2, -0.15) is 0 Å². The van der Waals surface area contributed by atoms with Crippen molar-refractivity contribution in [3.63, 3.8) is 0 Å². The van der Waals surface area contributed by atoms with E-state index in [1.165, 1.54) is 0 Å². The monoisotopic (exact) mass is 337 g/mol. The molecule has 0 spiro atoms. The molecule has 1 saturated carbocycles. The summed E-state index contributed by atoms with van der Waals surface area (Å²) in [6.45, 7) is 2.24. The number of amides is 1. The SMILES string of the molecule is Cc1c(C(=O)N(CCO)C2CC2)oc2ccc(Br)cc12. The van der Waals surface area contributed by atoms with Gasteiger partial charge in [0.25, 0.3) is 5.91 Å². The number of hydrogen-bond acceptors (Lipinski definition) is 3. The predicted molar refractivity (Wildman–Crippen MR) is 79.8 cm³/mol. The number of aliphatic hydroxyl groups excluding tert-OH is 1. The quantitative estimate of drug-likeness (QED) is 0.932. The number of nitrogens with zero attached hydrogens (tertiary/aromatic N) is 1. The van der Waals surface area contributed by atoms with E-state index in [0.717, 1.165) is 28.3 Å². The van der Waals surface area contributed by atoms with E-state index in [2.05, 4.69) is 15.9 Å². The molecule has 0 bridgehead atoms. The lowest BCUT2D eigenvalue weighted by molar-refractivity contribution is 0.0677. The van der Waals surface area contributed by atoms with E-state index in [1.54, 1.807) is 4.90 Å². The summed E-state index contributed by atoms with van der Waals surface area (Å²) in [6.07, 6.45) is 2.02. The zero-order chi connectivity index (χ0) is 14.3. The van der Waals surface area contributed by atoms with Crippen LogP contribution < -0.4 is 0 Å². The maximum absolute atomic E-state index is 12.6. The standard InChI is InChI=1S/C15H16BrNO3/c1-9-12-8-10(16)2-5-13(12)20-14(9)15(19)17(6-7-18)11-3-4-11/h2,5,8,11,18H,3-4,6-7H2,1H3. The molecular weight excluding hydrogens is 322 g/mol. The summed E-state index contributed by atoms with van der Waals surface area (Å²) in [5, 5.41) is 10.1. The van der Waals surface area contributed by atoms with E-state index in [-0.39, 0.29) is 18.6 Å². The molecule has 0 saturated heterocycles. The fourth-order valence-electron chi connectivity index (χ4n) is 2.47. The van der Waals surface area contributed by atoms with Gasteiger partial charge in [0.1, 0.15) is 5.58 Å². The number of carbonyl (C=O) groups is 1. The number of halogens is 1. The number of aryl methyl sites for hydroxylation is 1. The first-order valence-corrected chi connectivity index (χ1v) is 7.51. The average molecular weight is 338 g/mol. The minimum atomic E-state index is -0.119. The molecule has 1 aromatic heterocycles. The predicted octanol–water partition coefficient (Wildman–Crippen LogP) is 3.10. The molecule has 5 heteroatoms. The van der Waals surface area contributed by atoms with Gasteiger partial charge in [0.15, 0.2) is 5.76 Å². The van der Waals surface area contributed by atoms with Crippen molar-refractivity contribution in [2.75, 3.05) is 13.2 Å². The first-order valence-electron chi connectivity index (χ1n) is 6.72. The summed E-state index contributed by atoms with van der Waals surface area (Å²) in [6, 6.07) is 5.97. The lowest BCUT2D eigenvalue weighted by Gasteiger charge is -2.20. The van der Waals surface area contributed by atoms with Gasteiger partial charge in [-0.25, -0.2) is 0 Å². The molecule has 1 fully saturated rings. The Bertz CT molecular complexity index is 660. The second-order valence-electron chi connectivity index (χ2n) is 5.15. The Morgan fingerprint density at radius 3 is 2.90 bits per heavy atom. The van der Waals surface area contributed by atoms with E-state index < -0.39 is 0 Å². The maximum Gasteiger partial charge on any atom is 0.290 e. The molecule has 106 valence electrons. The lowest BCUT2D eigenvalue weighted by atomic mass is 10.1. The van der Waals surface area contributed by atoms with Crippen molar-refractivity contribution in [3.8, 4) is 0 Å². The van der Waals surface area contributed by atoms with Crippen LogP contribution in [0.25, 0.3) is 11.0 Å². The largest absolute Gasteiger partial charge is 0.451 e. The number of benzene rings is 1. The third kappa shape index (κ3) is 2.36. The van der Waals surface area contributed by atoms with Crippen molar-refractivity contribution in [3.05, 3.63) is 34.0 Å². The van der Waals surface area contributed by atoms with Gasteiger partial charge >= 0.3 is 0 Å². The number of aliphatic hydroxyl groups is 1. The van der Waals surface area contributed by atoms with Crippen LogP contribution in [0.1, 0.15) is 29.0 Å². The summed E-state index contributed by atoms with van der Waals surface area (Å²) in [5.41, 5.74) is 1.57. The molecule has 0 unspecified atom stereocenters. The van der Waals surface area contributed by atoms with Crippen LogP contribution in [0.4, 0.5) is 0 Å². The highest BCUT2D eigenvalue weighted by Crippen LogP contribution is 2.32. The summed E-state index contributed by atoms with van der Waals surface area (Å²) in [5.74, 6) is 0.268. The van der Waals surface area contributed by atoms with Crippen LogP contribution in [0, 0.1) is 6.92 Å². The highest BCUT2D eigenvalue weighted by Gasteiger charge is 2.34. The lowest BCUT2D eigenvalue weighted by Crippen LogP contribution is -2.35. The summed E-state index contributed by atoms with van der Waals surface area (Å²) in [7, 11) is 0. The average Bonchev–Trinajstić information content (AvgIpc) is 3.22. The van der Waals surface area contributed by atoms with Crippen molar-refractivity contribution >= 4 is 32.8 Å². The van der Waals surface area contributed by atoms with Crippen molar-refractivity contribution in [1.82, 2.24) is 4.90 Å². The highest BCUT2D eigenvalue weighted by atomic mass is 79.9. The second kappa shape index (κ2) is 5.22. The fraction of sp³-hybridized carbons (Fsp3) is 0.400. The van der Waals surface area contributed by atoms with Gasteiger partial charge in [0, 0.05) is 28.0 Å². The molecule has 1 aliphatic rings. The van der Waals surface area contributed by atoms with E-state index in [4.69, 9.17) is 9.52 Å². The van der Waals surface area contributed by atoms with Crippen molar-refractivity contribution in [1.29, 1.82) is 0 Å². The van der Waals surface area contributed by atoms with Crippen LogP contribution in [0.15, 0.2) is 27.1 Å². The van der Waals surface area contributed by atoms with Gasteiger partial charge in [-0.1, -0.05) is 15.9 Å². The molecule has 20 heavy (non-hydrogen) atoms. The highest BCUT2D eigenvalue weighted by molar-refractivity contribution is 9.10. The minimum Gasteiger partial charge on any atom is -0.451 e. The molecule has 3 rings (SSSR count). The molecule has 1 heterocycles. The molecule has 1 N–H and O–H groups in total. The molecule has 2 aromatic rings. The molecular formula is C15H16BrNO3. The Morgan fingerprint density at radius 2 is 2.25 bits per heavy atom. The third-order valence-electron chi connectivity index (χ3n) is 3.68. The molecule has 0 radical (unpaired) electrons. The first-order chi connectivity index (χ1) is 9.61. The van der Waals surface area contributed by atoms with Crippen molar-refractivity contribution in [2.24, 2.45) is 0 Å². The van der Waals surface area contributed by atoms with Gasteiger partial charge in [-0.15, -0.1) is 0 Å². The number of rotatable bonds is 4. The Labute approximate surface area is 125 Å².